The van der Waals surface area contributed by atoms with Crippen LogP contribution in [0.4, 0.5) is 0 Å². The van der Waals surface area contributed by atoms with Crippen molar-refractivity contribution in [1.82, 2.24) is 5.06 Å². The molecule has 1 rings (SSSR count). The molecule has 0 spiro atoms. The summed E-state index contributed by atoms with van der Waals surface area (Å²) in [6.45, 7) is 3.82. The van der Waals surface area contributed by atoms with Gasteiger partial charge in [0.2, 0.25) is 0 Å². The Bertz CT molecular complexity index is 167. The molecule has 0 amide bonds. The smallest absolute Gasteiger partial charge is 0.159 e. The Labute approximate surface area is 59.1 Å². The number of aliphatic hydroxyl groups excluding tert-OH is 1. The normalized spacial score (nSPS) is 21.5. The monoisotopic (exact) mass is 142 g/mol. The van der Waals surface area contributed by atoms with Crippen molar-refractivity contribution in [2.45, 2.75) is 6.23 Å². The summed E-state index contributed by atoms with van der Waals surface area (Å²) in [5, 5.41) is 10.4. The fraction of sp³-hybridized carbons (Fsp3) is 0.333. The summed E-state index contributed by atoms with van der Waals surface area (Å²) in [5.74, 6) is 0. The van der Waals surface area contributed by atoms with Crippen LogP contribution in [0.5, 0.6) is 0 Å². The predicted molar refractivity (Wildman–Crippen MR) is 36.3 cm³/mol. The van der Waals surface area contributed by atoms with Crippen LogP contribution in [0, 0.1) is 0 Å². The molecule has 0 bridgehead atoms. The lowest BCUT2D eigenvalue weighted by molar-refractivity contribution is -0.162. The number of hydrogen-bond acceptors (Lipinski definition) is 4. The molecule has 0 radical (unpaired) electrons. The molecule has 1 unspecified atom stereocenters. The summed E-state index contributed by atoms with van der Waals surface area (Å²) >= 11 is 0. The standard InChI is InChI=1S/C6H10N2O2/c1-2-6(9)8-3-5(7)4-10-8/h2,4,6,9H,1,3,7H2. The van der Waals surface area contributed by atoms with E-state index < -0.39 is 6.23 Å². The fourth-order valence-corrected chi connectivity index (χ4v) is 0.663. The maximum absolute atomic E-state index is 9.07. The number of hydroxylamine groups is 2. The summed E-state index contributed by atoms with van der Waals surface area (Å²) in [6.07, 6.45) is 1.98. The van der Waals surface area contributed by atoms with Crippen LogP contribution in [0.1, 0.15) is 0 Å². The SMILES string of the molecule is C=CC(O)N1CC(N)=CO1. The Morgan fingerprint density at radius 3 is 3.10 bits per heavy atom. The summed E-state index contributed by atoms with van der Waals surface area (Å²) in [7, 11) is 0. The van der Waals surface area contributed by atoms with Crippen LogP contribution in [0.25, 0.3) is 0 Å². The summed E-state index contributed by atoms with van der Waals surface area (Å²) in [6, 6.07) is 0. The van der Waals surface area contributed by atoms with Crippen LogP contribution < -0.4 is 5.73 Å². The minimum Gasteiger partial charge on any atom is -0.409 e. The van der Waals surface area contributed by atoms with Gasteiger partial charge in [-0.15, -0.1) is 5.06 Å². The number of rotatable bonds is 2. The molecule has 0 fully saturated rings. The molecule has 3 N–H and O–H groups in total. The van der Waals surface area contributed by atoms with Gasteiger partial charge >= 0.3 is 0 Å². The van der Waals surface area contributed by atoms with Gasteiger partial charge in [0.1, 0.15) is 6.26 Å². The van der Waals surface area contributed by atoms with Crippen molar-refractivity contribution >= 4 is 0 Å². The molecule has 1 aliphatic heterocycles. The van der Waals surface area contributed by atoms with Gasteiger partial charge in [-0.05, 0) is 6.08 Å². The van der Waals surface area contributed by atoms with Crippen molar-refractivity contribution in [3.05, 3.63) is 24.6 Å². The van der Waals surface area contributed by atoms with Crippen molar-refractivity contribution in [1.29, 1.82) is 0 Å². The van der Waals surface area contributed by atoms with Crippen molar-refractivity contribution in [3.8, 4) is 0 Å². The second-order valence-electron chi connectivity index (χ2n) is 2.02. The molecular formula is C6H10N2O2. The van der Waals surface area contributed by atoms with Crippen molar-refractivity contribution in [2.24, 2.45) is 5.73 Å². The van der Waals surface area contributed by atoms with Gasteiger partial charge in [0.05, 0.1) is 12.2 Å². The first-order chi connectivity index (χ1) is 4.74. The molecular weight excluding hydrogens is 132 g/mol. The van der Waals surface area contributed by atoms with Crippen molar-refractivity contribution < 1.29 is 9.94 Å². The number of nitrogens with zero attached hydrogens (tertiary/aromatic N) is 1. The topological polar surface area (TPSA) is 58.7 Å². The molecule has 0 aromatic rings. The number of hydrogen-bond donors (Lipinski definition) is 2. The Balaban J connectivity index is 2.41. The minimum atomic E-state index is -0.780. The summed E-state index contributed by atoms with van der Waals surface area (Å²) < 4.78 is 0. The van der Waals surface area contributed by atoms with Gasteiger partial charge in [-0.2, -0.15) is 0 Å². The van der Waals surface area contributed by atoms with E-state index in [4.69, 9.17) is 15.7 Å². The first-order valence-electron chi connectivity index (χ1n) is 2.92. The van der Waals surface area contributed by atoms with Crippen molar-refractivity contribution in [3.63, 3.8) is 0 Å². The Hall–Kier alpha value is -1.00. The van der Waals surface area contributed by atoms with E-state index in [0.29, 0.717) is 12.2 Å². The van der Waals surface area contributed by atoms with Gasteiger partial charge in [0.25, 0.3) is 0 Å². The van der Waals surface area contributed by atoms with E-state index in [2.05, 4.69) is 6.58 Å². The van der Waals surface area contributed by atoms with Crippen LogP contribution in [0.2, 0.25) is 0 Å². The van der Waals surface area contributed by atoms with E-state index in [-0.39, 0.29) is 0 Å². The highest BCUT2D eigenvalue weighted by Gasteiger charge is 2.18. The van der Waals surface area contributed by atoms with E-state index in [1.54, 1.807) is 0 Å². The molecule has 56 valence electrons. The zero-order valence-electron chi connectivity index (χ0n) is 5.53. The Kier molecular flexibility index (Phi) is 1.94. The molecule has 0 saturated carbocycles. The molecule has 0 aliphatic carbocycles. The zero-order chi connectivity index (χ0) is 7.56. The van der Waals surface area contributed by atoms with Crippen molar-refractivity contribution in [2.75, 3.05) is 6.54 Å². The summed E-state index contributed by atoms with van der Waals surface area (Å²) in [5.41, 5.74) is 5.96. The molecule has 1 heterocycles. The fourth-order valence-electron chi connectivity index (χ4n) is 0.663. The highest BCUT2D eigenvalue weighted by atomic mass is 16.7. The average molecular weight is 142 g/mol. The summed E-state index contributed by atoms with van der Waals surface area (Å²) in [4.78, 5) is 4.84. The van der Waals surface area contributed by atoms with Crippen LogP contribution >= 0.6 is 0 Å². The average Bonchev–Trinajstić information content (AvgIpc) is 2.34. The number of aliphatic hydroxyl groups is 1. The van der Waals surface area contributed by atoms with Gasteiger partial charge < -0.3 is 15.7 Å². The maximum atomic E-state index is 9.07. The molecule has 4 nitrogen and oxygen atoms in total. The van der Waals surface area contributed by atoms with E-state index in [1.165, 1.54) is 17.4 Å². The first-order valence-corrected chi connectivity index (χ1v) is 2.92. The number of nitrogens with two attached hydrogens (primary N) is 1. The highest BCUT2D eigenvalue weighted by molar-refractivity contribution is 4.99. The molecule has 0 saturated heterocycles. The second kappa shape index (κ2) is 2.72. The van der Waals surface area contributed by atoms with Gasteiger partial charge in [-0.1, -0.05) is 6.58 Å². The molecule has 4 heteroatoms. The predicted octanol–water partition coefficient (Wildman–Crippen LogP) is -0.462. The van der Waals surface area contributed by atoms with Crippen LogP contribution in [-0.2, 0) is 4.84 Å². The van der Waals surface area contributed by atoms with E-state index in [0.717, 1.165) is 0 Å². The maximum Gasteiger partial charge on any atom is 0.159 e. The van der Waals surface area contributed by atoms with E-state index in [1.807, 2.05) is 0 Å². The Morgan fingerprint density at radius 1 is 2.00 bits per heavy atom. The zero-order valence-corrected chi connectivity index (χ0v) is 5.53. The Morgan fingerprint density at radius 2 is 2.70 bits per heavy atom. The van der Waals surface area contributed by atoms with Gasteiger partial charge in [0, 0.05) is 0 Å². The third-order valence-corrected chi connectivity index (χ3v) is 1.18. The van der Waals surface area contributed by atoms with Gasteiger partial charge in [-0.3, -0.25) is 0 Å². The molecule has 1 aliphatic rings. The largest absolute Gasteiger partial charge is 0.409 e. The highest BCUT2D eigenvalue weighted by Crippen LogP contribution is 2.08. The lowest BCUT2D eigenvalue weighted by Gasteiger charge is -2.16. The van der Waals surface area contributed by atoms with Crippen LogP contribution in [0.3, 0.4) is 0 Å². The van der Waals surface area contributed by atoms with Crippen LogP contribution in [-0.4, -0.2) is 22.9 Å². The molecule has 10 heavy (non-hydrogen) atoms. The lowest BCUT2D eigenvalue weighted by Crippen LogP contribution is -2.31. The van der Waals surface area contributed by atoms with E-state index in [9.17, 15) is 0 Å². The van der Waals surface area contributed by atoms with Gasteiger partial charge in [-0.25, -0.2) is 0 Å². The minimum absolute atomic E-state index is 0.424. The first kappa shape index (κ1) is 7.11. The molecule has 0 aromatic heterocycles. The quantitative estimate of drug-likeness (QED) is 0.512. The van der Waals surface area contributed by atoms with E-state index >= 15 is 0 Å². The lowest BCUT2D eigenvalue weighted by atomic mass is 10.4. The second-order valence-corrected chi connectivity index (χ2v) is 2.02. The van der Waals surface area contributed by atoms with Crippen LogP contribution in [0.15, 0.2) is 24.6 Å². The van der Waals surface area contributed by atoms with Gasteiger partial charge in [0.15, 0.2) is 6.23 Å². The third-order valence-electron chi connectivity index (χ3n) is 1.18. The third kappa shape index (κ3) is 1.29. The molecule has 1 atom stereocenters. The molecule has 0 aromatic carbocycles.